The van der Waals surface area contributed by atoms with Crippen molar-refractivity contribution < 1.29 is 10.2 Å². The molecule has 4 aliphatic carbocycles. The van der Waals surface area contributed by atoms with Gasteiger partial charge >= 0.3 is 0 Å². The lowest BCUT2D eigenvalue weighted by Gasteiger charge is -2.42. The van der Waals surface area contributed by atoms with Crippen molar-refractivity contribution in [1.29, 1.82) is 0 Å². The van der Waals surface area contributed by atoms with Gasteiger partial charge in [-0.2, -0.15) is 0 Å². The van der Waals surface area contributed by atoms with E-state index in [1.807, 2.05) is 0 Å². The van der Waals surface area contributed by atoms with Gasteiger partial charge in [0, 0.05) is 5.92 Å². The third-order valence-electron chi connectivity index (χ3n) is 4.22. The minimum Gasteiger partial charge on any atom is -0.393 e. The molecular formula is C10H14O2. The second-order valence-corrected chi connectivity index (χ2v) is 4.56. The van der Waals surface area contributed by atoms with Crippen molar-refractivity contribution in [2.75, 3.05) is 0 Å². The normalized spacial score (nSPS) is 61.7. The van der Waals surface area contributed by atoms with Crippen molar-refractivity contribution in [2.24, 2.45) is 23.7 Å². The highest BCUT2D eigenvalue weighted by atomic mass is 16.3. The van der Waals surface area contributed by atoms with Crippen LogP contribution in [0.2, 0.25) is 0 Å². The third kappa shape index (κ3) is 0.570. The maximum Gasteiger partial charge on any atom is 0.0643 e. The first-order valence-electron chi connectivity index (χ1n) is 4.75. The molecule has 6 atom stereocenters. The van der Waals surface area contributed by atoms with E-state index in [2.05, 4.69) is 6.58 Å². The maximum atomic E-state index is 9.83. The van der Waals surface area contributed by atoms with Crippen molar-refractivity contribution >= 4 is 0 Å². The summed E-state index contributed by atoms with van der Waals surface area (Å²) in [5, 5.41) is 19.5. The molecule has 12 heavy (non-hydrogen) atoms. The van der Waals surface area contributed by atoms with Gasteiger partial charge in [-0.15, -0.1) is 0 Å². The van der Waals surface area contributed by atoms with E-state index in [1.54, 1.807) is 0 Å². The zero-order chi connectivity index (χ0) is 8.46. The highest BCUT2D eigenvalue weighted by molar-refractivity contribution is 5.28. The van der Waals surface area contributed by atoms with Crippen LogP contribution < -0.4 is 0 Å². The van der Waals surface area contributed by atoms with Crippen LogP contribution in [0.3, 0.4) is 0 Å². The van der Waals surface area contributed by atoms with Gasteiger partial charge in [-0.05, 0) is 30.6 Å². The molecule has 4 bridgehead atoms. The second kappa shape index (κ2) is 1.94. The maximum absolute atomic E-state index is 9.83. The predicted molar refractivity (Wildman–Crippen MR) is 44.3 cm³/mol. The minimum atomic E-state index is -0.190. The van der Waals surface area contributed by atoms with Crippen LogP contribution in [0.4, 0.5) is 0 Å². The Balaban J connectivity index is 2.06. The highest BCUT2D eigenvalue weighted by Crippen LogP contribution is 2.61. The molecule has 4 aliphatic rings. The Morgan fingerprint density at radius 3 is 2.42 bits per heavy atom. The van der Waals surface area contributed by atoms with Gasteiger partial charge in [-0.1, -0.05) is 12.2 Å². The van der Waals surface area contributed by atoms with Gasteiger partial charge in [0.2, 0.25) is 0 Å². The average molecular weight is 166 g/mol. The number of fused-ring (bicyclic) bond motifs is 1. The molecule has 4 rings (SSSR count). The lowest BCUT2D eigenvalue weighted by molar-refractivity contribution is -0.0810. The Morgan fingerprint density at radius 1 is 1.17 bits per heavy atom. The zero-order valence-corrected chi connectivity index (χ0v) is 6.98. The molecule has 66 valence electrons. The van der Waals surface area contributed by atoms with Gasteiger partial charge in [0.15, 0.2) is 0 Å². The molecule has 0 heterocycles. The zero-order valence-electron chi connectivity index (χ0n) is 6.98. The number of aliphatic hydroxyl groups is 2. The van der Waals surface area contributed by atoms with Crippen LogP contribution in [0.5, 0.6) is 0 Å². The summed E-state index contributed by atoms with van der Waals surface area (Å²) in [6, 6.07) is 0. The van der Waals surface area contributed by atoms with Gasteiger partial charge in [-0.3, -0.25) is 0 Å². The molecule has 0 aromatic heterocycles. The summed E-state index contributed by atoms with van der Waals surface area (Å²) in [5.74, 6) is 1.40. The summed E-state index contributed by atoms with van der Waals surface area (Å²) in [5.41, 5.74) is 1.22. The Kier molecular flexibility index (Phi) is 1.15. The lowest BCUT2D eigenvalue weighted by atomic mass is 9.67. The van der Waals surface area contributed by atoms with E-state index < -0.39 is 0 Å². The van der Waals surface area contributed by atoms with Crippen LogP contribution in [-0.2, 0) is 0 Å². The number of hydrogen-bond donors (Lipinski definition) is 2. The Labute approximate surface area is 71.9 Å². The van der Waals surface area contributed by atoms with Crippen molar-refractivity contribution in [1.82, 2.24) is 0 Å². The predicted octanol–water partition coefficient (Wildman–Crippen LogP) is 0.550. The highest BCUT2D eigenvalue weighted by Gasteiger charge is 2.60. The Morgan fingerprint density at radius 2 is 1.92 bits per heavy atom. The third-order valence-corrected chi connectivity index (χ3v) is 4.22. The van der Waals surface area contributed by atoms with E-state index in [-0.39, 0.29) is 18.1 Å². The van der Waals surface area contributed by atoms with E-state index >= 15 is 0 Å². The van der Waals surface area contributed by atoms with E-state index in [0.29, 0.717) is 17.8 Å². The fourth-order valence-electron chi connectivity index (χ4n) is 3.69. The van der Waals surface area contributed by atoms with Gasteiger partial charge in [0.1, 0.15) is 0 Å². The summed E-state index contributed by atoms with van der Waals surface area (Å²) >= 11 is 0. The van der Waals surface area contributed by atoms with E-state index in [1.165, 1.54) is 5.57 Å². The molecule has 0 spiro atoms. The lowest BCUT2D eigenvalue weighted by Crippen LogP contribution is -2.46. The summed E-state index contributed by atoms with van der Waals surface area (Å²) < 4.78 is 0. The Bertz CT molecular complexity index is 248. The van der Waals surface area contributed by atoms with Gasteiger partial charge in [0.25, 0.3) is 0 Å². The van der Waals surface area contributed by atoms with Gasteiger partial charge in [-0.25, -0.2) is 0 Å². The van der Waals surface area contributed by atoms with Crippen LogP contribution in [0.1, 0.15) is 12.8 Å². The molecule has 0 aliphatic heterocycles. The summed E-state index contributed by atoms with van der Waals surface area (Å²) in [6.07, 6.45) is 1.52. The first kappa shape index (κ1) is 7.10. The van der Waals surface area contributed by atoms with Crippen molar-refractivity contribution in [2.45, 2.75) is 25.0 Å². The van der Waals surface area contributed by atoms with Crippen LogP contribution in [0, 0.1) is 23.7 Å². The number of aliphatic hydroxyl groups excluding tert-OH is 2. The molecule has 0 aromatic rings. The van der Waals surface area contributed by atoms with Gasteiger partial charge < -0.3 is 10.2 Å². The van der Waals surface area contributed by atoms with E-state index in [0.717, 1.165) is 12.8 Å². The Hall–Kier alpha value is -0.340. The number of rotatable bonds is 0. The van der Waals surface area contributed by atoms with Crippen LogP contribution in [0.25, 0.3) is 0 Å². The van der Waals surface area contributed by atoms with Crippen LogP contribution >= 0.6 is 0 Å². The molecule has 0 amide bonds. The molecule has 2 heteroatoms. The minimum absolute atomic E-state index is 0.168. The SMILES string of the molecule is C=C1C2CC3C(O)CC2C(O)C13. The smallest absolute Gasteiger partial charge is 0.0643 e. The summed E-state index contributed by atoms with van der Waals surface area (Å²) in [4.78, 5) is 0. The molecule has 2 N–H and O–H groups in total. The average Bonchev–Trinajstić information content (AvgIpc) is 2.43. The monoisotopic (exact) mass is 166 g/mol. The molecule has 0 radical (unpaired) electrons. The molecule has 2 nitrogen and oxygen atoms in total. The second-order valence-electron chi connectivity index (χ2n) is 4.56. The molecule has 0 saturated heterocycles. The first-order chi connectivity index (χ1) is 5.70. The largest absolute Gasteiger partial charge is 0.393 e. The quantitative estimate of drug-likeness (QED) is 0.516. The van der Waals surface area contributed by atoms with Crippen molar-refractivity contribution in [3.05, 3.63) is 12.2 Å². The van der Waals surface area contributed by atoms with Crippen LogP contribution in [0.15, 0.2) is 12.2 Å². The molecular weight excluding hydrogens is 152 g/mol. The molecule has 6 unspecified atom stereocenters. The first-order valence-corrected chi connectivity index (χ1v) is 4.75. The van der Waals surface area contributed by atoms with Gasteiger partial charge in [0.05, 0.1) is 12.2 Å². The van der Waals surface area contributed by atoms with Crippen molar-refractivity contribution in [3.63, 3.8) is 0 Å². The standard InChI is InChI=1S/C10H14O2/c1-4-5-2-7-8(11)3-6(5)10(12)9(4)7/h5-12H,1-3H2. The fraction of sp³-hybridized carbons (Fsp3) is 0.800. The van der Waals surface area contributed by atoms with E-state index in [9.17, 15) is 10.2 Å². The number of hydrogen-bond acceptors (Lipinski definition) is 2. The van der Waals surface area contributed by atoms with Crippen LogP contribution in [-0.4, -0.2) is 22.4 Å². The topological polar surface area (TPSA) is 40.5 Å². The molecule has 4 fully saturated rings. The summed E-state index contributed by atoms with van der Waals surface area (Å²) in [7, 11) is 0. The molecule has 4 saturated carbocycles. The summed E-state index contributed by atoms with van der Waals surface area (Å²) in [6.45, 7) is 4.03. The van der Waals surface area contributed by atoms with E-state index in [4.69, 9.17) is 0 Å². The fourth-order valence-corrected chi connectivity index (χ4v) is 3.69. The molecule has 0 aromatic carbocycles. The van der Waals surface area contributed by atoms with Crippen molar-refractivity contribution in [3.8, 4) is 0 Å².